The van der Waals surface area contributed by atoms with Gasteiger partial charge in [0.15, 0.2) is 18.1 Å². The van der Waals surface area contributed by atoms with Crippen molar-refractivity contribution in [1.29, 1.82) is 0 Å². The number of rotatable bonds is 7. The molecular formula is C20H23NO6. The first-order chi connectivity index (χ1) is 12.9. The van der Waals surface area contributed by atoms with Crippen molar-refractivity contribution >= 4 is 11.8 Å². The molecule has 1 atom stereocenters. The highest BCUT2D eigenvalue weighted by atomic mass is 16.7. The van der Waals surface area contributed by atoms with E-state index >= 15 is 0 Å². The highest BCUT2D eigenvalue weighted by Gasteiger charge is 2.21. The second-order valence-corrected chi connectivity index (χ2v) is 6.53. The highest BCUT2D eigenvalue weighted by Crippen LogP contribution is 2.32. The van der Waals surface area contributed by atoms with Gasteiger partial charge in [-0.3, -0.25) is 4.79 Å². The van der Waals surface area contributed by atoms with E-state index in [2.05, 4.69) is 4.57 Å². The Morgan fingerprint density at radius 2 is 1.93 bits per heavy atom. The second kappa shape index (κ2) is 7.84. The van der Waals surface area contributed by atoms with Gasteiger partial charge in [0, 0.05) is 24.1 Å². The van der Waals surface area contributed by atoms with Gasteiger partial charge in [-0.2, -0.15) is 0 Å². The molecule has 0 spiro atoms. The summed E-state index contributed by atoms with van der Waals surface area (Å²) < 4.78 is 22.9. The van der Waals surface area contributed by atoms with E-state index in [0.717, 1.165) is 11.4 Å². The number of fused-ring (bicyclic) bond motifs is 1. The minimum atomic E-state index is -0.580. The Labute approximate surface area is 157 Å². The molecule has 0 unspecified atom stereocenters. The number of ether oxygens (including phenoxy) is 4. The van der Waals surface area contributed by atoms with Gasteiger partial charge in [-0.1, -0.05) is 0 Å². The van der Waals surface area contributed by atoms with Crippen molar-refractivity contribution in [3.05, 3.63) is 46.8 Å². The molecule has 27 heavy (non-hydrogen) atoms. The molecule has 7 heteroatoms. The number of carbonyl (C=O) groups excluding carboxylic acids is 2. The third kappa shape index (κ3) is 3.83. The largest absolute Gasteiger partial charge is 0.454 e. The molecule has 144 valence electrons. The molecule has 1 aromatic carbocycles. The Morgan fingerprint density at radius 3 is 2.67 bits per heavy atom. The molecule has 0 bridgehead atoms. The van der Waals surface area contributed by atoms with Gasteiger partial charge in [-0.05, 0) is 45.0 Å². The zero-order chi connectivity index (χ0) is 19.6. The molecule has 0 radical (unpaired) electrons. The molecule has 0 N–H and O–H groups in total. The molecule has 0 aliphatic carbocycles. The zero-order valence-corrected chi connectivity index (χ0v) is 15.9. The van der Waals surface area contributed by atoms with Crippen LogP contribution in [0.15, 0.2) is 24.3 Å². The number of carbonyl (C=O) groups is 2. The molecule has 7 nitrogen and oxygen atoms in total. The smallest absolute Gasteiger partial charge is 0.338 e. The Bertz CT molecular complexity index is 870. The first-order valence-electron chi connectivity index (χ1n) is 8.69. The van der Waals surface area contributed by atoms with E-state index in [-0.39, 0.29) is 25.2 Å². The van der Waals surface area contributed by atoms with Crippen LogP contribution in [-0.2, 0) is 9.47 Å². The van der Waals surface area contributed by atoms with E-state index < -0.39 is 5.97 Å². The lowest BCUT2D eigenvalue weighted by molar-refractivity contribution is 0.0474. The first kappa shape index (κ1) is 19.0. The van der Waals surface area contributed by atoms with Gasteiger partial charge in [-0.15, -0.1) is 0 Å². The fourth-order valence-corrected chi connectivity index (χ4v) is 3.37. The molecule has 1 aliphatic heterocycles. The van der Waals surface area contributed by atoms with Crippen LogP contribution >= 0.6 is 0 Å². The Morgan fingerprint density at radius 1 is 1.19 bits per heavy atom. The summed E-state index contributed by atoms with van der Waals surface area (Å²) in [7, 11) is 1.65. The summed E-state index contributed by atoms with van der Waals surface area (Å²) in [6.07, 6.45) is 0. The fraction of sp³-hybridized carbons (Fsp3) is 0.400. The van der Waals surface area contributed by atoms with Crippen LogP contribution in [0.5, 0.6) is 11.5 Å². The van der Waals surface area contributed by atoms with Crippen LogP contribution < -0.4 is 9.47 Å². The van der Waals surface area contributed by atoms with Crippen molar-refractivity contribution in [2.24, 2.45) is 0 Å². The van der Waals surface area contributed by atoms with Crippen LogP contribution in [0.3, 0.4) is 0 Å². The molecule has 0 amide bonds. The summed E-state index contributed by atoms with van der Waals surface area (Å²) in [5.41, 5.74) is 2.66. The lowest BCUT2D eigenvalue weighted by Crippen LogP contribution is -2.17. The number of ketones is 1. The third-order valence-electron chi connectivity index (χ3n) is 4.58. The van der Waals surface area contributed by atoms with Crippen LogP contribution in [0.4, 0.5) is 0 Å². The summed E-state index contributed by atoms with van der Waals surface area (Å²) in [4.78, 5) is 24.8. The maximum Gasteiger partial charge on any atom is 0.338 e. The van der Waals surface area contributed by atoms with Crippen molar-refractivity contribution < 1.29 is 28.5 Å². The molecular weight excluding hydrogens is 350 g/mol. The average molecular weight is 373 g/mol. The van der Waals surface area contributed by atoms with E-state index in [0.29, 0.717) is 29.2 Å². The quantitative estimate of drug-likeness (QED) is 0.548. The standard InChI is InChI=1S/C20H23NO6/c1-12-7-16(14(3)21(12)13(2)9-24-4)17(22)10-25-20(23)15-5-6-18-19(8-15)27-11-26-18/h5-8,13H,9-11H2,1-4H3/t13-/m0/s1. The van der Waals surface area contributed by atoms with Crippen molar-refractivity contribution in [3.8, 4) is 11.5 Å². The topological polar surface area (TPSA) is 76.0 Å². The fourth-order valence-electron chi connectivity index (χ4n) is 3.37. The predicted octanol–water partition coefficient (Wildman–Crippen LogP) is 3.08. The van der Waals surface area contributed by atoms with Crippen molar-refractivity contribution in [1.82, 2.24) is 4.57 Å². The van der Waals surface area contributed by atoms with Gasteiger partial charge < -0.3 is 23.5 Å². The monoisotopic (exact) mass is 373 g/mol. The normalized spacial score (nSPS) is 13.5. The summed E-state index contributed by atoms with van der Waals surface area (Å²) in [6.45, 7) is 6.20. The number of esters is 1. The molecule has 1 aromatic heterocycles. The van der Waals surface area contributed by atoms with Gasteiger partial charge >= 0.3 is 5.97 Å². The van der Waals surface area contributed by atoms with Gasteiger partial charge in [0.2, 0.25) is 12.6 Å². The minimum Gasteiger partial charge on any atom is -0.454 e. The van der Waals surface area contributed by atoms with Crippen molar-refractivity contribution in [3.63, 3.8) is 0 Å². The maximum absolute atomic E-state index is 12.6. The van der Waals surface area contributed by atoms with Gasteiger partial charge in [0.05, 0.1) is 18.2 Å². The number of nitrogens with zero attached hydrogens (tertiary/aromatic N) is 1. The molecule has 0 saturated carbocycles. The lowest BCUT2D eigenvalue weighted by atomic mass is 10.1. The van der Waals surface area contributed by atoms with Gasteiger partial charge in [0.1, 0.15) is 0 Å². The van der Waals surface area contributed by atoms with Crippen LogP contribution in [0.1, 0.15) is 45.1 Å². The summed E-state index contributed by atoms with van der Waals surface area (Å²) in [6, 6.07) is 6.70. The predicted molar refractivity (Wildman–Crippen MR) is 97.7 cm³/mol. The van der Waals surface area contributed by atoms with E-state index in [4.69, 9.17) is 18.9 Å². The summed E-state index contributed by atoms with van der Waals surface area (Å²) in [5, 5.41) is 0. The van der Waals surface area contributed by atoms with Gasteiger partial charge in [0.25, 0.3) is 0 Å². The first-order valence-corrected chi connectivity index (χ1v) is 8.69. The maximum atomic E-state index is 12.6. The molecule has 2 heterocycles. The number of methoxy groups -OCH3 is 1. The Kier molecular flexibility index (Phi) is 5.51. The SMILES string of the molecule is COC[C@H](C)n1c(C)cc(C(=O)COC(=O)c2ccc3c(c2)OCO3)c1C. The number of aromatic nitrogens is 1. The molecule has 2 aromatic rings. The van der Waals surface area contributed by atoms with Crippen molar-refractivity contribution in [2.45, 2.75) is 26.8 Å². The number of hydrogen-bond donors (Lipinski definition) is 0. The molecule has 0 fully saturated rings. The summed E-state index contributed by atoms with van der Waals surface area (Å²) in [5.74, 6) is 0.253. The Hall–Kier alpha value is -2.80. The minimum absolute atomic E-state index is 0.104. The molecule has 1 aliphatic rings. The van der Waals surface area contributed by atoms with Crippen LogP contribution in [0.25, 0.3) is 0 Å². The highest BCUT2D eigenvalue weighted by molar-refractivity contribution is 6.00. The third-order valence-corrected chi connectivity index (χ3v) is 4.58. The zero-order valence-electron chi connectivity index (χ0n) is 15.9. The average Bonchev–Trinajstić information content (AvgIpc) is 3.22. The van der Waals surface area contributed by atoms with Crippen molar-refractivity contribution in [2.75, 3.05) is 27.1 Å². The van der Waals surface area contributed by atoms with E-state index in [1.165, 1.54) is 0 Å². The van der Waals surface area contributed by atoms with E-state index in [9.17, 15) is 9.59 Å². The van der Waals surface area contributed by atoms with E-state index in [1.54, 1.807) is 25.3 Å². The van der Waals surface area contributed by atoms with Crippen LogP contribution in [0, 0.1) is 13.8 Å². The number of Topliss-reactive ketones (excluding diaryl/α,β-unsaturated/α-hetero) is 1. The Balaban J connectivity index is 1.67. The molecule has 0 saturated heterocycles. The van der Waals surface area contributed by atoms with Crippen LogP contribution in [-0.4, -0.2) is 43.4 Å². The number of hydrogen-bond acceptors (Lipinski definition) is 6. The molecule has 3 rings (SSSR count). The number of benzene rings is 1. The van der Waals surface area contributed by atoms with E-state index in [1.807, 2.05) is 26.8 Å². The number of aryl methyl sites for hydroxylation is 1. The second-order valence-electron chi connectivity index (χ2n) is 6.53. The summed E-state index contributed by atoms with van der Waals surface area (Å²) >= 11 is 0. The van der Waals surface area contributed by atoms with Gasteiger partial charge in [-0.25, -0.2) is 4.79 Å². The lowest BCUT2D eigenvalue weighted by Gasteiger charge is -2.17. The van der Waals surface area contributed by atoms with Crippen LogP contribution in [0.2, 0.25) is 0 Å².